The first-order valence-corrected chi connectivity index (χ1v) is 11.9. The van der Waals surface area contributed by atoms with Crippen molar-refractivity contribution < 1.29 is 14.3 Å². The summed E-state index contributed by atoms with van der Waals surface area (Å²) < 4.78 is 10.5. The van der Waals surface area contributed by atoms with Crippen molar-refractivity contribution in [3.63, 3.8) is 0 Å². The number of carbonyl (C=O) groups is 1. The highest BCUT2D eigenvalue weighted by Crippen LogP contribution is 2.26. The van der Waals surface area contributed by atoms with Crippen molar-refractivity contribution in [1.82, 2.24) is 9.88 Å². The lowest BCUT2D eigenvalue weighted by atomic mass is 10.0. The third kappa shape index (κ3) is 5.75. The number of methoxy groups -OCH3 is 2. The van der Waals surface area contributed by atoms with E-state index in [9.17, 15) is 4.79 Å². The zero-order valence-electron chi connectivity index (χ0n) is 20.5. The molecule has 5 nitrogen and oxygen atoms in total. The normalized spacial score (nSPS) is 10.9. The summed E-state index contributed by atoms with van der Waals surface area (Å²) >= 11 is 6.62. The third-order valence-electron chi connectivity index (χ3n) is 6.09. The van der Waals surface area contributed by atoms with Gasteiger partial charge in [0.1, 0.15) is 16.7 Å². The van der Waals surface area contributed by atoms with Gasteiger partial charge >= 0.3 is 0 Å². The smallest absolute Gasteiger partial charge is 0.254 e. The van der Waals surface area contributed by atoms with Crippen molar-refractivity contribution in [3.05, 3.63) is 99.7 Å². The summed E-state index contributed by atoms with van der Waals surface area (Å²) in [5.74, 6) is 1.44. The lowest BCUT2D eigenvalue weighted by Gasteiger charge is -2.24. The third-order valence-corrected chi connectivity index (χ3v) is 6.42. The van der Waals surface area contributed by atoms with Gasteiger partial charge in [0.05, 0.1) is 19.7 Å². The molecule has 3 aromatic carbocycles. The molecule has 0 aliphatic rings. The highest BCUT2D eigenvalue weighted by atomic mass is 35.5. The molecule has 4 aromatic rings. The lowest BCUT2D eigenvalue weighted by molar-refractivity contribution is 0.0745. The summed E-state index contributed by atoms with van der Waals surface area (Å²) in [5.41, 5.74) is 5.66. The lowest BCUT2D eigenvalue weighted by Crippen LogP contribution is -2.32. The zero-order valence-corrected chi connectivity index (χ0v) is 21.2. The Kier molecular flexibility index (Phi) is 7.57. The maximum absolute atomic E-state index is 13.6. The molecule has 180 valence electrons. The number of nitrogens with zero attached hydrogens (tertiary/aromatic N) is 2. The van der Waals surface area contributed by atoms with E-state index in [1.165, 1.54) is 0 Å². The van der Waals surface area contributed by atoms with E-state index in [0.717, 1.165) is 38.9 Å². The van der Waals surface area contributed by atoms with Crippen LogP contribution in [0.15, 0.2) is 66.7 Å². The largest absolute Gasteiger partial charge is 0.497 e. The molecule has 1 heterocycles. The first-order valence-electron chi connectivity index (χ1n) is 11.5. The second-order valence-electron chi connectivity index (χ2n) is 8.65. The maximum Gasteiger partial charge on any atom is 0.254 e. The molecule has 6 heteroatoms. The Morgan fingerprint density at radius 1 is 0.914 bits per heavy atom. The van der Waals surface area contributed by atoms with E-state index in [-0.39, 0.29) is 5.91 Å². The van der Waals surface area contributed by atoms with Gasteiger partial charge in [0.15, 0.2) is 0 Å². The van der Waals surface area contributed by atoms with Gasteiger partial charge in [-0.05, 0) is 79.9 Å². The molecule has 4 rings (SSSR count). The Bertz CT molecular complexity index is 1340. The van der Waals surface area contributed by atoms with Crippen molar-refractivity contribution in [2.75, 3.05) is 20.8 Å². The molecule has 1 amide bonds. The number of halogens is 1. The number of fused-ring (bicyclic) bond motifs is 1. The van der Waals surface area contributed by atoms with Crippen LogP contribution in [-0.4, -0.2) is 36.6 Å². The molecule has 0 aliphatic carbocycles. The fraction of sp³-hybridized carbons (Fsp3) is 0.241. The predicted octanol–water partition coefficient (Wildman–Crippen LogP) is 6.41. The molecule has 0 N–H and O–H groups in total. The van der Waals surface area contributed by atoms with Crippen LogP contribution in [0.5, 0.6) is 11.5 Å². The summed E-state index contributed by atoms with van der Waals surface area (Å²) in [4.78, 5) is 20.0. The number of aryl methyl sites for hydroxylation is 2. The van der Waals surface area contributed by atoms with Crippen molar-refractivity contribution in [2.45, 2.75) is 26.8 Å². The van der Waals surface area contributed by atoms with Crippen molar-refractivity contribution in [1.29, 1.82) is 0 Å². The molecule has 0 fully saturated rings. The Morgan fingerprint density at radius 3 is 2.17 bits per heavy atom. The number of rotatable bonds is 8. The van der Waals surface area contributed by atoms with Crippen LogP contribution < -0.4 is 9.47 Å². The van der Waals surface area contributed by atoms with Crippen LogP contribution in [0, 0.1) is 13.8 Å². The van der Waals surface area contributed by atoms with Crippen LogP contribution in [0.1, 0.15) is 32.6 Å². The summed E-state index contributed by atoms with van der Waals surface area (Å²) in [6.45, 7) is 4.98. The van der Waals surface area contributed by atoms with Crippen molar-refractivity contribution >= 4 is 28.4 Å². The first kappa shape index (κ1) is 24.6. The topological polar surface area (TPSA) is 51.7 Å². The van der Waals surface area contributed by atoms with Gasteiger partial charge in [-0.15, -0.1) is 0 Å². The molecule has 0 bridgehead atoms. The monoisotopic (exact) mass is 488 g/mol. The van der Waals surface area contributed by atoms with Crippen LogP contribution in [-0.2, 0) is 13.0 Å². The van der Waals surface area contributed by atoms with E-state index in [1.54, 1.807) is 38.5 Å². The van der Waals surface area contributed by atoms with E-state index in [2.05, 4.69) is 24.0 Å². The number of ether oxygens (including phenoxy) is 2. The number of benzene rings is 3. The second-order valence-corrected chi connectivity index (χ2v) is 9.00. The quantitative estimate of drug-likeness (QED) is 0.269. The molecule has 1 aromatic heterocycles. The van der Waals surface area contributed by atoms with Crippen LogP contribution in [0.2, 0.25) is 5.15 Å². The van der Waals surface area contributed by atoms with Crippen LogP contribution in [0.25, 0.3) is 10.9 Å². The van der Waals surface area contributed by atoms with E-state index in [0.29, 0.717) is 36.0 Å². The Labute approximate surface area is 211 Å². The molecule has 0 radical (unpaired) electrons. The first-order chi connectivity index (χ1) is 16.9. The minimum Gasteiger partial charge on any atom is -0.497 e. The van der Waals surface area contributed by atoms with Gasteiger partial charge in [0, 0.05) is 29.6 Å². The standard InChI is InChI=1S/C29H29ClN2O3/c1-19-15-20(2)27-23(16-19)17-24(28(30)31-27)18-32(14-13-21-5-9-25(34-3)10-6-21)29(33)22-7-11-26(35-4)12-8-22/h5-12,15-17H,13-14,18H2,1-4H3. The highest BCUT2D eigenvalue weighted by molar-refractivity contribution is 6.30. The van der Waals surface area contributed by atoms with Crippen LogP contribution in [0.4, 0.5) is 0 Å². The average Bonchev–Trinajstić information content (AvgIpc) is 2.87. The Morgan fingerprint density at radius 2 is 1.54 bits per heavy atom. The minimum absolute atomic E-state index is 0.0715. The number of amides is 1. The summed E-state index contributed by atoms with van der Waals surface area (Å²) in [7, 11) is 3.25. The fourth-order valence-corrected chi connectivity index (χ4v) is 4.41. The molecule has 0 atom stereocenters. The van der Waals surface area contributed by atoms with Gasteiger partial charge in [-0.3, -0.25) is 4.79 Å². The molecular weight excluding hydrogens is 460 g/mol. The molecule has 0 unspecified atom stereocenters. The van der Waals surface area contributed by atoms with Crippen molar-refractivity contribution in [2.24, 2.45) is 0 Å². The predicted molar refractivity (Wildman–Crippen MR) is 141 cm³/mol. The summed E-state index contributed by atoms with van der Waals surface area (Å²) in [5, 5.41) is 1.44. The van der Waals surface area contributed by atoms with Gasteiger partial charge in [0.25, 0.3) is 5.91 Å². The molecule has 0 saturated heterocycles. The molecular formula is C29H29ClN2O3. The Hall–Kier alpha value is -3.57. The summed E-state index contributed by atoms with van der Waals surface area (Å²) in [6.07, 6.45) is 0.697. The fourth-order valence-electron chi connectivity index (χ4n) is 4.21. The molecule has 35 heavy (non-hydrogen) atoms. The molecule has 0 saturated carbocycles. The maximum atomic E-state index is 13.6. The number of hydrogen-bond donors (Lipinski definition) is 0. The molecule has 0 spiro atoms. The van der Waals surface area contributed by atoms with Crippen LogP contribution in [0.3, 0.4) is 0 Å². The number of hydrogen-bond acceptors (Lipinski definition) is 4. The van der Waals surface area contributed by atoms with Crippen molar-refractivity contribution in [3.8, 4) is 11.5 Å². The van der Waals surface area contributed by atoms with Crippen LogP contribution >= 0.6 is 11.6 Å². The van der Waals surface area contributed by atoms with Gasteiger partial charge in [-0.1, -0.05) is 35.4 Å². The van der Waals surface area contributed by atoms with Gasteiger partial charge in [0.2, 0.25) is 0 Å². The highest BCUT2D eigenvalue weighted by Gasteiger charge is 2.19. The van der Waals surface area contributed by atoms with E-state index < -0.39 is 0 Å². The minimum atomic E-state index is -0.0715. The summed E-state index contributed by atoms with van der Waals surface area (Å²) in [6, 6.07) is 21.3. The van der Waals surface area contributed by atoms with Gasteiger partial charge < -0.3 is 14.4 Å². The number of carbonyl (C=O) groups excluding carboxylic acids is 1. The average molecular weight is 489 g/mol. The molecule has 0 aliphatic heterocycles. The van der Waals surface area contributed by atoms with Gasteiger partial charge in [-0.25, -0.2) is 4.98 Å². The number of pyridine rings is 1. The van der Waals surface area contributed by atoms with Gasteiger partial charge in [-0.2, -0.15) is 0 Å². The Balaban J connectivity index is 1.64. The SMILES string of the molecule is COc1ccc(CCN(Cc2cc3cc(C)cc(C)c3nc2Cl)C(=O)c2ccc(OC)cc2)cc1. The number of aromatic nitrogens is 1. The zero-order chi connectivity index (χ0) is 24.9. The van der Waals surface area contributed by atoms with E-state index >= 15 is 0 Å². The second kappa shape index (κ2) is 10.8. The van der Waals surface area contributed by atoms with E-state index in [1.807, 2.05) is 42.2 Å². The van der Waals surface area contributed by atoms with E-state index in [4.69, 9.17) is 21.1 Å².